The maximum Gasteiger partial charge on any atom is 0.240 e. The SMILES string of the molecule is O=S(=O)(NCCN1CCCCCC1)c1ccc2c(c1)CCC2. The molecule has 0 spiro atoms. The van der Waals surface area contributed by atoms with E-state index in [2.05, 4.69) is 9.62 Å². The van der Waals surface area contributed by atoms with Crippen molar-refractivity contribution in [2.45, 2.75) is 49.8 Å². The van der Waals surface area contributed by atoms with Gasteiger partial charge in [-0.15, -0.1) is 0 Å². The number of rotatable bonds is 5. The van der Waals surface area contributed by atoms with Crippen molar-refractivity contribution in [3.05, 3.63) is 29.3 Å². The third-order valence-corrected chi connectivity index (χ3v) is 6.26. The fraction of sp³-hybridized carbons (Fsp3) is 0.647. The first-order chi connectivity index (χ1) is 10.6. The van der Waals surface area contributed by atoms with E-state index < -0.39 is 10.0 Å². The molecular formula is C17H26N2O2S. The van der Waals surface area contributed by atoms with Gasteiger partial charge in [0.1, 0.15) is 0 Å². The second-order valence-corrected chi connectivity index (χ2v) is 8.20. The van der Waals surface area contributed by atoms with Gasteiger partial charge in [-0.2, -0.15) is 0 Å². The summed E-state index contributed by atoms with van der Waals surface area (Å²) in [5.74, 6) is 0. The molecule has 1 aromatic carbocycles. The molecule has 0 bridgehead atoms. The summed E-state index contributed by atoms with van der Waals surface area (Å²) in [6.45, 7) is 3.50. The van der Waals surface area contributed by atoms with E-state index in [1.54, 1.807) is 6.07 Å². The van der Waals surface area contributed by atoms with Gasteiger partial charge in [0.15, 0.2) is 0 Å². The molecule has 1 aromatic rings. The molecule has 4 nitrogen and oxygen atoms in total. The number of fused-ring (bicyclic) bond motifs is 1. The molecule has 0 aromatic heterocycles. The maximum absolute atomic E-state index is 12.4. The molecule has 1 aliphatic heterocycles. The summed E-state index contributed by atoms with van der Waals surface area (Å²) in [5.41, 5.74) is 2.51. The van der Waals surface area contributed by atoms with Gasteiger partial charge in [0.2, 0.25) is 10.0 Å². The van der Waals surface area contributed by atoms with Crippen molar-refractivity contribution in [3.8, 4) is 0 Å². The number of likely N-dealkylation sites (tertiary alicyclic amines) is 1. The van der Waals surface area contributed by atoms with E-state index in [4.69, 9.17) is 0 Å². The predicted octanol–water partition coefficient (Wildman–Crippen LogP) is 2.33. The fourth-order valence-electron chi connectivity index (χ4n) is 3.50. The second-order valence-electron chi connectivity index (χ2n) is 6.44. The van der Waals surface area contributed by atoms with Crippen molar-refractivity contribution in [2.75, 3.05) is 26.2 Å². The quantitative estimate of drug-likeness (QED) is 0.905. The molecule has 1 N–H and O–H groups in total. The maximum atomic E-state index is 12.4. The van der Waals surface area contributed by atoms with Gasteiger partial charge in [-0.25, -0.2) is 13.1 Å². The molecule has 1 saturated heterocycles. The number of nitrogens with zero attached hydrogens (tertiary/aromatic N) is 1. The Morgan fingerprint density at radius 3 is 2.45 bits per heavy atom. The summed E-state index contributed by atoms with van der Waals surface area (Å²) < 4.78 is 27.6. The molecule has 122 valence electrons. The zero-order chi connectivity index (χ0) is 15.4. The largest absolute Gasteiger partial charge is 0.302 e. The van der Waals surface area contributed by atoms with Crippen LogP contribution >= 0.6 is 0 Å². The first-order valence-electron chi connectivity index (χ1n) is 8.49. The van der Waals surface area contributed by atoms with Crippen LogP contribution in [0.5, 0.6) is 0 Å². The van der Waals surface area contributed by atoms with Gasteiger partial charge in [-0.05, 0) is 68.5 Å². The molecule has 22 heavy (non-hydrogen) atoms. The minimum absolute atomic E-state index is 0.420. The van der Waals surface area contributed by atoms with Crippen LogP contribution in [0.3, 0.4) is 0 Å². The minimum Gasteiger partial charge on any atom is -0.302 e. The van der Waals surface area contributed by atoms with Gasteiger partial charge in [0.05, 0.1) is 4.90 Å². The van der Waals surface area contributed by atoms with Crippen LogP contribution in [-0.2, 0) is 22.9 Å². The first kappa shape index (κ1) is 16.0. The monoisotopic (exact) mass is 322 g/mol. The third kappa shape index (κ3) is 3.89. The highest BCUT2D eigenvalue weighted by atomic mass is 32.2. The molecule has 0 radical (unpaired) electrons. The van der Waals surface area contributed by atoms with Gasteiger partial charge in [-0.3, -0.25) is 0 Å². The molecule has 1 heterocycles. The number of aryl methyl sites for hydroxylation is 2. The number of hydrogen-bond donors (Lipinski definition) is 1. The Morgan fingerprint density at radius 2 is 1.68 bits per heavy atom. The van der Waals surface area contributed by atoms with Gasteiger partial charge in [0.25, 0.3) is 0 Å². The van der Waals surface area contributed by atoms with Crippen molar-refractivity contribution >= 4 is 10.0 Å². The summed E-state index contributed by atoms with van der Waals surface area (Å²) in [6, 6.07) is 5.58. The van der Waals surface area contributed by atoms with Gasteiger partial charge in [-0.1, -0.05) is 18.9 Å². The Morgan fingerprint density at radius 1 is 0.955 bits per heavy atom. The average Bonchev–Trinajstić information content (AvgIpc) is 2.82. The highest BCUT2D eigenvalue weighted by Gasteiger charge is 2.18. The Labute approximate surface area is 134 Å². The van der Waals surface area contributed by atoms with Crippen LogP contribution in [0.15, 0.2) is 23.1 Å². The van der Waals surface area contributed by atoms with E-state index in [0.717, 1.165) is 38.9 Å². The van der Waals surface area contributed by atoms with Crippen LogP contribution in [-0.4, -0.2) is 39.5 Å². The van der Waals surface area contributed by atoms with E-state index in [1.165, 1.54) is 36.8 Å². The van der Waals surface area contributed by atoms with Crippen LogP contribution < -0.4 is 4.72 Å². The molecule has 0 amide bonds. The Kier molecular flexibility index (Phi) is 5.16. The van der Waals surface area contributed by atoms with Crippen LogP contribution in [0.25, 0.3) is 0 Å². The average molecular weight is 322 g/mol. The standard InChI is InChI=1S/C17H26N2O2S/c20-22(21,17-9-8-15-6-5-7-16(15)14-17)18-10-13-19-11-3-1-2-4-12-19/h8-9,14,18H,1-7,10-13H2. The van der Waals surface area contributed by atoms with E-state index >= 15 is 0 Å². The van der Waals surface area contributed by atoms with Crippen molar-refractivity contribution in [2.24, 2.45) is 0 Å². The lowest BCUT2D eigenvalue weighted by Crippen LogP contribution is -2.35. The minimum atomic E-state index is -3.37. The van der Waals surface area contributed by atoms with Crippen LogP contribution in [0, 0.1) is 0 Å². The van der Waals surface area contributed by atoms with Gasteiger partial charge in [0, 0.05) is 13.1 Å². The van der Waals surface area contributed by atoms with E-state index in [0.29, 0.717) is 11.4 Å². The first-order valence-corrected chi connectivity index (χ1v) is 9.97. The lowest BCUT2D eigenvalue weighted by Gasteiger charge is -2.19. The third-order valence-electron chi connectivity index (χ3n) is 4.80. The lowest BCUT2D eigenvalue weighted by atomic mass is 10.1. The Balaban J connectivity index is 1.56. The Hall–Kier alpha value is -0.910. The summed E-state index contributed by atoms with van der Waals surface area (Å²) >= 11 is 0. The van der Waals surface area contributed by atoms with Gasteiger partial charge < -0.3 is 4.90 Å². The van der Waals surface area contributed by atoms with Crippen LogP contribution in [0.1, 0.15) is 43.2 Å². The topological polar surface area (TPSA) is 49.4 Å². The molecule has 1 aliphatic carbocycles. The van der Waals surface area contributed by atoms with Crippen molar-refractivity contribution < 1.29 is 8.42 Å². The molecule has 0 unspecified atom stereocenters. The van der Waals surface area contributed by atoms with Crippen molar-refractivity contribution in [1.82, 2.24) is 9.62 Å². The van der Waals surface area contributed by atoms with E-state index in [1.807, 2.05) is 12.1 Å². The predicted molar refractivity (Wildman–Crippen MR) is 88.6 cm³/mol. The summed E-state index contributed by atoms with van der Waals surface area (Å²) in [4.78, 5) is 2.79. The second kappa shape index (κ2) is 7.11. The number of nitrogens with one attached hydrogen (secondary N) is 1. The smallest absolute Gasteiger partial charge is 0.240 e. The van der Waals surface area contributed by atoms with Crippen molar-refractivity contribution in [3.63, 3.8) is 0 Å². The highest BCUT2D eigenvalue weighted by molar-refractivity contribution is 7.89. The van der Waals surface area contributed by atoms with Crippen LogP contribution in [0.4, 0.5) is 0 Å². The molecular weight excluding hydrogens is 296 g/mol. The molecule has 0 saturated carbocycles. The molecule has 1 fully saturated rings. The molecule has 3 rings (SSSR count). The molecule has 2 aliphatic rings. The summed E-state index contributed by atoms with van der Waals surface area (Å²) in [6.07, 6.45) is 8.30. The van der Waals surface area contributed by atoms with Gasteiger partial charge >= 0.3 is 0 Å². The van der Waals surface area contributed by atoms with Crippen LogP contribution in [0.2, 0.25) is 0 Å². The molecule has 0 atom stereocenters. The number of sulfonamides is 1. The number of hydrogen-bond acceptors (Lipinski definition) is 3. The Bertz CT molecular complexity index is 605. The highest BCUT2D eigenvalue weighted by Crippen LogP contribution is 2.24. The summed E-state index contributed by atoms with van der Waals surface area (Å²) in [7, 11) is -3.37. The van der Waals surface area contributed by atoms with E-state index in [9.17, 15) is 8.42 Å². The zero-order valence-corrected chi connectivity index (χ0v) is 14.0. The molecule has 5 heteroatoms. The lowest BCUT2D eigenvalue weighted by molar-refractivity contribution is 0.290. The zero-order valence-electron chi connectivity index (χ0n) is 13.2. The van der Waals surface area contributed by atoms with E-state index in [-0.39, 0.29) is 0 Å². The summed E-state index contributed by atoms with van der Waals surface area (Å²) in [5, 5.41) is 0. The fourth-order valence-corrected chi connectivity index (χ4v) is 4.57. The normalized spacial score (nSPS) is 19.8. The number of benzene rings is 1. The van der Waals surface area contributed by atoms with Crippen molar-refractivity contribution in [1.29, 1.82) is 0 Å².